The van der Waals surface area contributed by atoms with Crippen LogP contribution in [0, 0.1) is 24.8 Å². The molecule has 6 heteroatoms. The first kappa shape index (κ1) is 34.1. The Morgan fingerprint density at radius 2 is 1.51 bits per heavy atom. The fourth-order valence-corrected chi connectivity index (χ4v) is 8.29. The van der Waals surface area contributed by atoms with Crippen LogP contribution < -0.4 is 4.40 Å². The minimum absolute atomic E-state index is 0. The molecule has 3 nitrogen and oxygen atoms in total. The fourth-order valence-electron chi connectivity index (χ4n) is 6.12. The molecule has 3 aromatic heterocycles. The standard InChI is InChI=1S/C26H19FNO.C21H22GeN.Ir/c1-16(2)18-11-12-28-24(14-18)20-5-9-22-23-13-19(17-3-7-21(27)8-4-17)6-10-25(23)29-26(22)15-20;1-16-10-11-18(14-20(16)17-8-6-5-7-9-17)21-13-12-19(15-23-21)22(2,3)4;/h3-14,16H,1-2H3;5-10,12-15H,1-4H3;/q2*-1;/i;1D3;. The van der Waals surface area contributed by atoms with E-state index in [1.165, 1.54) is 22.1 Å². The number of hydrogen-bond acceptors (Lipinski definition) is 3. The Kier molecular flexibility index (Phi) is 10.4. The number of nitrogens with zero attached hydrogens (tertiary/aromatic N) is 2. The van der Waals surface area contributed by atoms with Gasteiger partial charge in [-0.25, -0.2) is 4.39 Å². The van der Waals surface area contributed by atoms with Gasteiger partial charge in [-0.3, -0.25) is 0 Å². The molecule has 0 saturated heterocycles. The van der Waals surface area contributed by atoms with Gasteiger partial charge in [-0.05, 0) is 52.4 Å². The van der Waals surface area contributed by atoms with Crippen LogP contribution in [-0.4, -0.2) is 23.2 Å². The van der Waals surface area contributed by atoms with Crippen molar-refractivity contribution in [1.82, 2.24) is 9.97 Å². The van der Waals surface area contributed by atoms with Crippen molar-refractivity contribution in [3.05, 3.63) is 163 Å². The molecule has 0 bridgehead atoms. The van der Waals surface area contributed by atoms with Crippen molar-refractivity contribution >= 4 is 39.6 Å². The van der Waals surface area contributed by atoms with Crippen LogP contribution in [0.15, 0.2) is 138 Å². The van der Waals surface area contributed by atoms with E-state index < -0.39 is 20.1 Å². The van der Waals surface area contributed by atoms with Crippen molar-refractivity contribution in [2.24, 2.45) is 0 Å². The molecule has 0 amide bonds. The molecule has 267 valence electrons. The Morgan fingerprint density at radius 3 is 2.21 bits per heavy atom. The number of fused-ring (bicyclic) bond motifs is 3. The summed E-state index contributed by atoms with van der Waals surface area (Å²) in [6.45, 7) is 2.16. The molecule has 0 atom stereocenters. The second-order valence-corrected chi connectivity index (χ2v) is 24.9. The number of rotatable bonds is 6. The van der Waals surface area contributed by atoms with E-state index in [-0.39, 0.29) is 25.9 Å². The molecule has 0 aliphatic carbocycles. The van der Waals surface area contributed by atoms with E-state index in [4.69, 9.17) is 8.53 Å². The van der Waals surface area contributed by atoms with Gasteiger partial charge in [-0.1, -0.05) is 61.2 Å². The van der Waals surface area contributed by atoms with Crippen LogP contribution >= 0.6 is 0 Å². The summed E-state index contributed by atoms with van der Waals surface area (Å²) >= 11 is -1.91. The maximum atomic E-state index is 13.2. The fraction of sp³-hybridized carbons (Fsp3) is 0.149. The van der Waals surface area contributed by atoms with Gasteiger partial charge in [0.2, 0.25) is 0 Å². The third-order valence-corrected chi connectivity index (χ3v) is 13.5. The largest absolute Gasteiger partial charge is 0 e. The molecule has 8 rings (SSSR count). The van der Waals surface area contributed by atoms with E-state index in [0.717, 1.165) is 55.6 Å². The van der Waals surface area contributed by atoms with E-state index >= 15 is 0 Å². The van der Waals surface area contributed by atoms with Gasteiger partial charge >= 0.3 is 146 Å². The molecule has 0 N–H and O–H groups in total. The van der Waals surface area contributed by atoms with Crippen LogP contribution in [0.2, 0.25) is 17.3 Å². The average molecular weight is 937 g/mol. The molecule has 0 aliphatic rings. The average Bonchev–Trinajstić information content (AvgIpc) is 3.55. The number of aryl methyl sites for hydroxylation is 1. The third-order valence-electron chi connectivity index (χ3n) is 9.24. The first-order valence-corrected chi connectivity index (χ1v) is 24.8. The number of benzene rings is 5. The SMILES string of the molecule is CC(C)c1ccnc(-c2[c-]c3oc4ccc(-c5ccc(F)cc5)cc4c3cc2)c1.[2H]C([2H])([2H])c1c[c-]c(-c2cc[c]([Ge]([CH3])([CH3])[CH3])cn2)cc1-c1ccccc1.[Ir]. The predicted molar refractivity (Wildman–Crippen MR) is 217 cm³/mol. The van der Waals surface area contributed by atoms with Gasteiger partial charge in [0.15, 0.2) is 0 Å². The van der Waals surface area contributed by atoms with Crippen molar-refractivity contribution in [1.29, 1.82) is 0 Å². The van der Waals surface area contributed by atoms with Gasteiger partial charge in [0.05, 0.1) is 5.58 Å². The quantitative estimate of drug-likeness (QED) is 0.123. The first-order valence-electron chi connectivity index (χ1n) is 18.9. The van der Waals surface area contributed by atoms with Gasteiger partial charge in [-0.2, -0.15) is 0 Å². The second kappa shape index (κ2) is 16.1. The molecule has 5 aromatic carbocycles. The van der Waals surface area contributed by atoms with Crippen LogP contribution in [0.4, 0.5) is 4.39 Å². The molecule has 0 unspecified atom stereocenters. The Balaban J connectivity index is 0.000000188. The smallest absolute Gasteiger partial charge is 0 e. The minimum Gasteiger partial charge on any atom is 0 e. The molecule has 0 fully saturated rings. The maximum Gasteiger partial charge on any atom is 0 e. The zero-order chi connectivity index (χ0) is 38.9. The van der Waals surface area contributed by atoms with Gasteiger partial charge in [0, 0.05) is 26.3 Å². The monoisotopic (exact) mass is 938 g/mol. The van der Waals surface area contributed by atoms with Crippen LogP contribution in [-0.2, 0) is 20.1 Å². The van der Waals surface area contributed by atoms with E-state index in [0.29, 0.717) is 22.6 Å². The van der Waals surface area contributed by atoms with E-state index in [1.807, 2.05) is 79.1 Å². The Labute approximate surface area is 332 Å². The van der Waals surface area contributed by atoms with E-state index in [2.05, 4.69) is 77.5 Å². The summed E-state index contributed by atoms with van der Waals surface area (Å²) in [7, 11) is 0. The molecule has 1 radical (unpaired) electrons. The van der Waals surface area contributed by atoms with Crippen LogP contribution in [0.5, 0.6) is 0 Å². The summed E-state index contributed by atoms with van der Waals surface area (Å²) in [4.78, 5) is 9.13. The summed E-state index contributed by atoms with van der Waals surface area (Å²) in [5.74, 6) is 7.21. The van der Waals surface area contributed by atoms with Gasteiger partial charge < -0.3 is 9.40 Å². The van der Waals surface area contributed by atoms with Gasteiger partial charge in [0.1, 0.15) is 11.4 Å². The maximum absolute atomic E-state index is 13.2. The summed E-state index contributed by atoms with van der Waals surface area (Å²) < 4.78 is 44.2. The normalized spacial score (nSPS) is 12.4. The summed E-state index contributed by atoms with van der Waals surface area (Å²) in [5, 5.41) is 2.03. The van der Waals surface area contributed by atoms with Crippen LogP contribution in [0.1, 0.15) is 35.0 Å². The number of furan rings is 1. The predicted octanol–water partition coefficient (Wildman–Crippen LogP) is 12.4. The van der Waals surface area contributed by atoms with E-state index in [9.17, 15) is 4.39 Å². The molecule has 8 aromatic rings. The Bertz CT molecular complexity index is 2600. The number of pyridine rings is 2. The molecule has 0 spiro atoms. The molecule has 0 saturated carbocycles. The summed E-state index contributed by atoms with van der Waals surface area (Å²) in [6.07, 6.45) is 3.80. The van der Waals surface area contributed by atoms with E-state index in [1.54, 1.807) is 18.2 Å². The van der Waals surface area contributed by atoms with Crippen molar-refractivity contribution in [3.8, 4) is 44.8 Å². The molecule has 53 heavy (non-hydrogen) atoms. The van der Waals surface area contributed by atoms with Crippen molar-refractivity contribution in [3.63, 3.8) is 0 Å². The number of aromatic nitrogens is 2. The van der Waals surface area contributed by atoms with Crippen LogP contribution in [0.25, 0.3) is 66.7 Å². The van der Waals surface area contributed by atoms with Gasteiger partial charge in [0.25, 0.3) is 0 Å². The summed E-state index contributed by atoms with van der Waals surface area (Å²) in [5.41, 5.74) is 10.1. The van der Waals surface area contributed by atoms with Crippen molar-refractivity contribution < 1.29 is 33.0 Å². The second-order valence-electron chi connectivity index (χ2n) is 14.3. The number of halogens is 1. The molecular weight excluding hydrogens is 892 g/mol. The van der Waals surface area contributed by atoms with Crippen LogP contribution in [0.3, 0.4) is 0 Å². The number of hydrogen-bond donors (Lipinski definition) is 0. The minimum atomic E-state index is -2.18. The topological polar surface area (TPSA) is 38.9 Å². The molecule has 0 aliphatic heterocycles. The molecular formula is C47H41FGeIrN2O-2. The van der Waals surface area contributed by atoms with Crippen molar-refractivity contribution in [2.75, 3.05) is 0 Å². The van der Waals surface area contributed by atoms with Gasteiger partial charge in [-0.15, -0.1) is 17.7 Å². The molecule has 3 heterocycles. The zero-order valence-electron chi connectivity index (χ0n) is 33.3. The van der Waals surface area contributed by atoms with Crippen molar-refractivity contribution in [2.45, 2.75) is 43.9 Å². The zero-order valence-corrected chi connectivity index (χ0v) is 34.8. The summed E-state index contributed by atoms with van der Waals surface area (Å²) in [6, 6.07) is 44.6. The Morgan fingerprint density at radius 1 is 0.736 bits per heavy atom. The third kappa shape index (κ3) is 8.60. The first-order chi connectivity index (χ1) is 26.2. The Hall–Kier alpha value is -4.68.